The van der Waals surface area contributed by atoms with Crippen molar-refractivity contribution in [2.75, 3.05) is 18.4 Å². The van der Waals surface area contributed by atoms with E-state index in [0.29, 0.717) is 12.5 Å². The summed E-state index contributed by atoms with van der Waals surface area (Å²) in [7, 11) is 0. The quantitative estimate of drug-likeness (QED) is 0.942. The monoisotopic (exact) mass is 325 g/mol. The molecule has 1 aromatic heterocycles. The Bertz CT molecular complexity index is 765. The Balaban J connectivity index is 1.38. The van der Waals surface area contributed by atoms with Crippen LogP contribution < -0.4 is 5.32 Å². The van der Waals surface area contributed by atoms with E-state index < -0.39 is 0 Å². The highest BCUT2D eigenvalue weighted by molar-refractivity contribution is 5.89. The molecule has 1 saturated carbocycles. The maximum Gasteiger partial charge on any atom is 0.321 e. The molecule has 1 saturated heterocycles. The third-order valence-electron chi connectivity index (χ3n) is 5.11. The molecule has 4 rings (SSSR count). The number of aromatic nitrogens is 3. The van der Waals surface area contributed by atoms with Gasteiger partial charge in [0, 0.05) is 30.9 Å². The Morgan fingerprint density at radius 3 is 2.79 bits per heavy atom. The lowest BCUT2D eigenvalue weighted by Gasteiger charge is -2.17. The van der Waals surface area contributed by atoms with Gasteiger partial charge in [-0.1, -0.05) is 11.3 Å². The maximum absolute atomic E-state index is 12.5. The molecule has 6 heteroatoms. The maximum atomic E-state index is 12.5. The zero-order chi connectivity index (χ0) is 16.7. The van der Waals surface area contributed by atoms with E-state index in [4.69, 9.17) is 0 Å². The number of amides is 2. The van der Waals surface area contributed by atoms with Gasteiger partial charge in [0.1, 0.15) is 0 Å². The first-order chi connectivity index (χ1) is 11.6. The smallest absolute Gasteiger partial charge is 0.321 e. The van der Waals surface area contributed by atoms with Crippen molar-refractivity contribution in [2.45, 2.75) is 45.1 Å². The Labute approximate surface area is 141 Å². The summed E-state index contributed by atoms with van der Waals surface area (Å²) >= 11 is 0. The van der Waals surface area contributed by atoms with Crippen LogP contribution in [0, 0.1) is 13.8 Å². The lowest BCUT2D eigenvalue weighted by molar-refractivity contribution is 0.220. The van der Waals surface area contributed by atoms with Crippen molar-refractivity contribution in [3.05, 3.63) is 41.2 Å². The molecule has 1 unspecified atom stereocenters. The van der Waals surface area contributed by atoms with E-state index in [1.807, 2.05) is 27.8 Å². The highest BCUT2D eigenvalue weighted by Crippen LogP contribution is 2.39. The lowest BCUT2D eigenvalue weighted by atomic mass is 10.1. The van der Waals surface area contributed by atoms with Crippen LogP contribution in [0.4, 0.5) is 10.5 Å². The van der Waals surface area contributed by atoms with Gasteiger partial charge in [-0.2, -0.15) is 0 Å². The van der Waals surface area contributed by atoms with Crippen LogP contribution in [0.3, 0.4) is 0 Å². The zero-order valence-corrected chi connectivity index (χ0v) is 14.2. The Morgan fingerprint density at radius 2 is 2.04 bits per heavy atom. The molecule has 126 valence electrons. The fourth-order valence-corrected chi connectivity index (χ4v) is 3.20. The molecule has 0 radical (unpaired) electrons. The fraction of sp³-hybridized carbons (Fsp3) is 0.500. The van der Waals surface area contributed by atoms with Crippen LogP contribution >= 0.6 is 0 Å². The van der Waals surface area contributed by atoms with Crippen molar-refractivity contribution in [1.29, 1.82) is 0 Å². The number of benzene rings is 1. The first-order valence-electron chi connectivity index (χ1n) is 8.65. The average molecular weight is 325 g/mol. The highest BCUT2D eigenvalue weighted by atomic mass is 16.2. The highest BCUT2D eigenvalue weighted by Gasteiger charge is 2.31. The molecule has 0 spiro atoms. The van der Waals surface area contributed by atoms with Crippen molar-refractivity contribution in [2.24, 2.45) is 0 Å². The summed E-state index contributed by atoms with van der Waals surface area (Å²) < 4.78 is 1.94. The molecule has 0 bridgehead atoms. The Hall–Kier alpha value is -2.37. The van der Waals surface area contributed by atoms with E-state index in [9.17, 15) is 4.79 Å². The van der Waals surface area contributed by atoms with Gasteiger partial charge in [-0.05, 0) is 56.4 Å². The summed E-state index contributed by atoms with van der Waals surface area (Å²) in [6, 6.07) is 6.19. The minimum Gasteiger partial charge on any atom is -0.322 e. The molecule has 2 amide bonds. The molecule has 2 heterocycles. The van der Waals surface area contributed by atoms with E-state index in [1.165, 1.54) is 24.0 Å². The van der Waals surface area contributed by atoms with Crippen LogP contribution in [0.5, 0.6) is 0 Å². The van der Waals surface area contributed by atoms with E-state index in [2.05, 4.69) is 35.7 Å². The minimum absolute atomic E-state index is 0.0386. The zero-order valence-electron chi connectivity index (χ0n) is 14.2. The number of aryl methyl sites for hydroxylation is 2. The topological polar surface area (TPSA) is 63.1 Å². The SMILES string of the molecule is Cc1ccc(NC(=O)N2CCC(n3cc(C4CC4)nn3)C2)cc1C. The fourth-order valence-electron chi connectivity index (χ4n) is 3.20. The molecule has 24 heavy (non-hydrogen) atoms. The number of nitrogens with zero attached hydrogens (tertiary/aromatic N) is 4. The van der Waals surface area contributed by atoms with Crippen LogP contribution in [0.2, 0.25) is 0 Å². The first-order valence-corrected chi connectivity index (χ1v) is 8.65. The van der Waals surface area contributed by atoms with Gasteiger partial charge < -0.3 is 10.2 Å². The van der Waals surface area contributed by atoms with Crippen LogP contribution in [-0.2, 0) is 0 Å². The molecular formula is C18H23N5O. The molecule has 2 aliphatic rings. The van der Waals surface area contributed by atoms with Crippen molar-refractivity contribution in [3.8, 4) is 0 Å². The van der Waals surface area contributed by atoms with Gasteiger partial charge in [0.2, 0.25) is 0 Å². The van der Waals surface area contributed by atoms with Gasteiger partial charge in [0.15, 0.2) is 0 Å². The number of likely N-dealkylation sites (tertiary alicyclic amines) is 1. The van der Waals surface area contributed by atoms with E-state index >= 15 is 0 Å². The van der Waals surface area contributed by atoms with Crippen molar-refractivity contribution >= 4 is 11.7 Å². The predicted molar refractivity (Wildman–Crippen MR) is 92.2 cm³/mol. The second kappa shape index (κ2) is 5.92. The Kier molecular flexibility index (Phi) is 3.75. The summed E-state index contributed by atoms with van der Waals surface area (Å²) in [5, 5.41) is 11.5. The molecule has 1 aliphatic carbocycles. The van der Waals surface area contributed by atoms with Crippen molar-refractivity contribution in [1.82, 2.24) is 19.9 Å². The van der Waals surface area contributed by atoms with Crippen molar-refractivity contribution < 1.29 is 4.79 Å². The lowest BCUT2D eigenvalue weighted by Crippen LogP contribution is -2.33. The summed E-state index contributed by atoms with van der Waals surface area (Å²) in [6.07, 6.45) is 5.45. The van der Waals surface area contributed by atoms with Crippen LogP contribution in [0.15, 0.2) is 24.4 Å². The minimum atomic E-state index is -0.0386. The number of hydrogen-bond acceptors (Lipinski definition) is 3. The standard InChI is InChI=1S/C18H23N5O/c1-12-3-6-15(9-13(12)2)19-18(24)22-8-7-16(10-22)23-11-17(20-21-23)14-4-5-14/h3,6,9,11,14,16H,4-5,7-8,10H2,1-2H3,(H,19,24). The molecule has 1 atom stereocenters. The van der Waals surface area contributed by atoms with E-state index in [0.717, 1.165) is 24.3 Å². The molecule has 1 N–H and O–H groups in total. The van der Waals surface area contributed by atoms with E-state index in [-0.39, 0.29) is 12.1 Å². The third kappa shape index (κ3) is 3.00. The number of anilines is 1. The predicted octanol–water partition coefficient (Wildman–Crippen LogP) is 3.25. The van der Waals surface area contributed by atoms with Crippen LogP contribution in [-0.4, -0.2) is 39.0 Å². The van der Waals surface area contributed by atoms with Crippen molar-refractivity contribution in [3.63, 3.8) is 0 Å². The number of hydrogen-bond donors (Lipinski definition) is 1. The molecule has 2 fully saturated rings. The largest absolute Gasteiger partial charge is 0.322 e. The van der Waals surface area contributed by atoms with Gasteiger partial charge in [-0.25, -0.2) is 9.48 Å². The number of carbonyl (C=O) groups is 1. The molecular weight excluding hydrogens is 302 g/mol. The summed E-state index contributed by atoms with van der Waals surface area (Å²) in [4.78, 5) is 14.3. The molecule has 1 aromatic carbocycles. The number of urea groups is 1. The number of nitrogens with one attached hydrogen (secondary N) is 1. The Morgan fingerprint density at radius 1 is 1.21 bits per heavy atom. The van der Waals surface area contributed by atoms with Gasteiger partial charge in [0.05, 0.1) is 11.7 Å². The number of rotatable bonds is 3. The average Bonchev–Trinajstić information content (AvgIpc) is 3.10. The molecule has 2 aromatic rings. The second-order valence-electron chi connectivity index (χ2n) is 7.02. The van der Waals surface area contributed by atoms with Gasteiger partial charge in [0.25, 0.3) is 0 Å². The van der Waals surface area contributed by atoms with Gasteiger partial charge in [-0.15, -0.1) is 5.10 Å². The second-order valence-corrected chi connectivity index (χ2v) is 7.02. The first kappa shape index (κ1) is 15.2. The van der Waals surface area contributed by atoms with Gasteiger partial charge >= 0.3 is 6.03 Å². The van der Waals surface area contributed by atoms with Crippen LogP contribution in [0.1, 0.15) is 48.0 Å². The molecule has 1 aliphatic heterocycles. The summed E-state index contributed by atoms with van der Waals surface area (Å²) in [5.41, 5.74) is 4.37. The molecule has 6 nitrogen and oxygen atoms in total. The van der Waals surface area contributed by atoms with Gasteiger partial charge in [-0.3, -0.25) is 0 Å². The summed E-state index contributed by atoms with van der Waals surface area (Å²) in [5.74, 6) is 0.615. The van der Waals surface area contributed by atoms with E-state index in [1.54, 1.807) is 0 Å². The normalized spacial score (nSPS) is 20.4. The summed E-state index contributed by atoms with van der Waals surface area (Å²) in [6.45, 7) is 5.56. The third-order valence-corrected chi connectivity index (χ3v) is 5.11. The number of carbonyl (C=O) groups excluding carboxylic acids is 1. The van der Waals surface area contributed by atoms with Crippen LogP contribution in [0.25, 0.3) is 0 Å².